The minimum Gasteiger partial charge on any atom is -0.339 e. The first-order valence-corrected chi connectivity index (χ1v) is 7.61. The molecule has 0 aliphatic carbocycles. The Balaban J connectivity index is 1.85. The van der Waals surface area contributed by atoms with Crippen LogP contribution in [0.25, 0.3) is 0 Å². The van der Waals surface area contributed by atoms with Crippen molar-refractivity contribution in [3.8, 4) is 0 Å². The maximum Gasteiger partial charge on any atom is 0.251 e. The molecule has 0 radical (unpaired) electrons. The van der Waals surface area contributed by atoms with E-state index in [-0.39, 0.29) is 0 Å². The van der Waals surface area contributed by atoms with Gasteiger partial charge in [-0.05, 0) is 30.2 Å². The second kappa shape index (κ2) is 6.87. The van der Waals surface area contributed by atoms with Gasteiger partial charge in [0.1, 0.15) is 0 Å². The number of aromatic nitrogens is 3. The largest absolute Gasteiger partial charge is 0.339 e. The van der Waals surface area contributed by atoms with Crippen molar-refractivity contribution in [1.29, 1.82) is 0 Å². The van der Waals surface area contributed by atoms with Crippen molar-refractivity contribution >= 4 is 23.1 Å². The van der Waals surface area contributed by atoms with Crippen molar-refractivity contribution < 1.29 is 0 Å². The minimum atomic E-state index is 0.551. The van der Waals surface area contributed by atoms with Crippen LogP contribution in [0.1, 0.15) is 12.5 Å². The predicted molar refractivity (Wildman–Crippen MR) is 93.4 cm³/mol. The molecule has 0 spiro atoms. The second-order valence-corrected chi connectivity index (χ2v) is 5.17. The summed E-state index contributed by atoms with van der Waals surface area (Å²) in [5.41, 5.74) is 3.30. The zero-order valence-corrected chi connectivity index (χ0v) is 13.3. The zero-order valence-electron chi connectivity index (χ0n) is 13.3. The summed E-state index contributed by atoms with van der Waals surface area (Å²) < 4.78 is 0. The standard InChI is InChI=1S/C18H19N5/c1-3-14-9-7-8-12-16(14)20-17-13-19-22-18(21-17)23(2)15-10-5-4-6-11-15/h4-13H,3H2,1-2H3,(H,20,21,22). The van der Waals surface area contributed by atoms with Gasteiger partial charge in [-0.15, -0.1) is 5.10 Å². The molecule has 0 aliphatic heterocycles. The van der Waals surface area contributed by atoms with Gasteiger partial charge in [-0.25, -0.2) is 0 Å². The zero-order chi connectivity index (χ0) is 16.1. The molecule has 5 nitrogen and oxygen atoms in total. The van der Waals surface area contributed by atoms with E-state index in [1.807, 2.05) is 60.5 Å². The monoisotopic (exact) mass is 305 g/mol. The number of nitrogens with one attached hydrogen (secondary N) is 1. The normalized spacial score (nSPS) is 10.3. The quantitative estimate of drug-likeness (QED) is 0.773. The third-order valence-electron chi connectivity index (χ3n) is 3.65. The summed E-state index contributed by atoms with van der Waals surface area (Å²) in [5, 5.41) is 11.5. The summed E-state index contributed by atoms with van der Waals surface area (Å²) in [7, 11) is 1.93. The predicted octanol–water partition coefficient (Wildman–Crippen LogP) is 3.95. The highest BCUT2D eigenvalue weighted by Crippen LogP contribution is 2.22. The lowest BCUT2D eigenvalue weighted by atomic mass is 10.1. The van der Waals surface area contributed by atoms with E-state index in [1.165, 1.54) is 5.56 Å². The van der Waals surface area contributed by atoms with Crippen LogP contribution in [-0.2, 0) is 6.42 Å². The number of hydrogen-bond acceptors (Lipinski definition) is 5. The first kappa shape index (κ1) is 15.0. The third-order valence-corrected chi connectivity index (χ3v) is 3.65. The Labute approximate surface area is 136 Å². The molecule has 0 bridgehead atoms. The molecule has 1 aromatic heterocycles. The Hall–Kier alpha value is -2.95. The Kier molecular flexibility index (Phi) is 4.47. The van der Waals surface area contributed by atoms with Crippen LogP contribution in [0, 0.1) is 0 Å². The third kappa shape index (κ3) is 3.45. The fourth-order valence-corrected chi connectivity index (χ4v) is 2.35. The highest BCUT2D eigenvalue weighted by atomic mass is 15.3. The molecule has 0 saturated heterocycles. The summed E-state index contributed by atoms with van der Waals surface area (Å²) >= 11 is 0. The first-order chi connectivity index (χ1) is 11.3. The molecule has 0 aliphatic rings. The second-order valence-electron chi connectivity index (χ2n) is 5.17. The lowest BCUT2D eigenvalue weighted by Crippen LogP contribution is -2.14. The Morgan fingerprint density at radius 1 is 1.00 bits per heavy atom. The van der Waals surface area contributed by atoms with Gasteiger partial charge in [0.25, 0.3) is 5.95 Å². The highest BCUT2D eigenvalue weighted by Gasteiger charge is 2.09. The number of anilines is 4. The van der Waals surface area contributed by atoms with Crippen molar-refractivity contribution in [2.24, 2.45) is 0 Å². The van der Waals surface area contributed by atoms with Gasteiger partial charge in [0, 0.05) is 18.4 Å². The summed E-state index contributed by atoms with van der Waals surface area (Å²) in [4.78, 5) is 6.47. The lowest BCUT2D eigenvalue weighted by Gasteiger charge is -2.17. The maximum atomic E-state index is 4.56. The van der Waals surface area contributed by atoms with E-state index >= 15 is 0 Å². The number of rotatable bonds is 5. The lowest BCUT2D eigenvalue weighted by molar-refractivity contribution is 0.931. The SMILES string of the molecule is CCc1ccccc1Nc1cnnc(N(C)c2ccccc2)n1. The fraction of sp³-hybridized carbons (Fsp3) is 0.167. The van der Waals surface area contributed by atoms with Gasteiger partial charge < -0.3 is 10.2 Å². The Morgan fingerprint density at radius 2 is 1.74 bits per heavy atom. The van der Waals surface area contributed by atoms with Gasteiger partial charge in [-0.3, -0.25) is 0 Å². The van der Waals surface area contributed by atoms with Crippen LogP contribution in [-0.4, -0.2) is 22.2 Å². The summed E-state index contributed by atoms with van der Waals surface area (Å²) in [6.07, 6.45) is 2.59. The van der Waals surface area contributed by atoms with Crippen molar-refractivity contribution in [3.63, 3.8) is 0 Å². The van der Waals surface area contributed by atoms with Crippen molar-refractivity contribution in [2.45, 2.75) is 13.3 Å². The van der Waals surface area contributed by atoms with E-state index in [9.17, 15) is 0 Å². The molecule has 0 atom stereocenters. The minimum absolute atomic E-state index is 0.551. The van der Waals surface area contributed by atoms with Gasteiger partial charge in [0.05, 0.1) is 6.20 Å². The smallest absolute Gasteiger partial charge is 0.251 e. The summed E-state index contributed by atoms with van der Waals surface area (Å²) in [5.74, 6) is 1.23. The molecule has 0 unspecified atom stereocenters. The maximum absolute atomic E-state index is 4.56. The fourth-order valence-electron chi connectivity index (χ4n) is 2.35. The van der Waals surface area contributed by atoms with Crippen molar-refractivity contribution in [3.05, 3.63) is 66.4 Å². The van der Waals surface area contributed by atoms with Crippen LogP contribution in [0.5, 0.6) is 0 Å². The molecule has 0 fully saturated rings. The average Bonchev–Trinajstić information content (AvgIpc) is 2.62. The molecule has 23 heavy (non-hydrogen) atoms. The molecule has 5 heteroatoms. The van der Waals surface area contributed by atoms with E-state index in [2.05, 4.69) is 33.5 Å². The highest BCUT2D eigenvalue weighted by molar-refractivity contribution is 5.62. The van der Waals surface area contributed by atoms with Crippen molar-refractivity contribution in [1.82, 2.24) is 15.2 Å². The van der Waals surface area contributed by atoms with Crippen LogP contribution >= 0.6 is 0 Å². The summed E-state index contributed by atoms with van der Waals surface area (Å²) in [6, 6.07) is 18.2. The van der Waals surface area contributed by atoms with E-state index in [0.29, 0.717) is 11.8 Å². The molecular formula is C18H19N5. The van der Waals surface area contributed by atoms with Crippen molar-refractivity contribution in [2.75, 3.05) is 17.3 Å². The van der Waals surface area contributed by atoms with Gasteiger partial charge in [0.2, 0.25) is 0 Å². The number of benzene rings is 2. The Morgan fingerprint density at radius 3 is 2.52 bits per heavy atom. The van der Waals surface area contributed by atoms with E-state index in [0.717, 1.165) is 17.8 Å². The molecule has 116 valence electrons. The van der Waals surface area contributed by atoms with Crippen LogP contribution in [0.3, 0.4) is 0 Å². The summed E-state index contributed by atoms with van der Waals surface area (Å²) in [6.45, 7) is 2.13. The van der Waals surface area contributed by atoms with E-state index in [4.69, 9.17) is 0 Å². The molecule has 1 heterocycles. The number of para-hydroxylation sites is 2. The molecular weight excluding hydrogens is 286 g/mol. The van der Waals surface area contributed by atoms with E-state index in [1.54, 1.807) is 6.20 Å². The van der Waals surface area contributed by atoms with Crippen LogP contribution < -0.4 is 10.2 Å². The Bertz CT molecular complexity index is 773. The van der Waals surface area contributed by atoms with Crippen LogP contribution in [0.4, 0.5) is 23.1 Å². The first-order valence-electron chi connectivity index (χ1n) is 7.61. The van der Waals surface area contributed by atoms with E-state index < -0.39 is 0 Å². The number of hydrogen-bond donors (Lipinski definition) is 1. The molecule has 0 amide bonds. The van der Waals surface area contributed by atoms with Gasteiger partial charge in [-0.1, -0.05) is 43.3 Å². The molecule has 2 aromatic carbocycles. The molecule has 3 rings (SSSR count). The molecule has 1 N–H and O–H groups in total. The van der Waals surface area contributed by atoms with Gasteiger partial charge >= 0.3 is 0 Å². The molecule has 0 saturated carbocycles. The van der Waals surface area contributed by atoms with Gasteiger partial charge in [-0.2, -0.15) is 10.1 Å². The van der Waals surface area contributed by atoms with Gasteiger partial charge in [0.15, 0.2) is 5.82 Å². The van der Waals surface area contributed by atoms with Crippen LogP contribution in [0.15, 0.2) is 60.8 Å². The number of aryl methyl sites for hydroxylation is 1. The number of nitrogens with zero attached hydrogens (tertiary/aromatic N) is 4. The van der Waals surface area contributed by atoms with Crippen LogP contribution in [0.2, 0.25) is 0 Å². The molecule has 3 aromatic rings. The topological polar surface area (TPSA) is 53.9 Å². The average molecular weight is 305 g/mol.